The number of rotatable bonds is 4. The smallest absolute Gasteiger partial charge is 0.246 e. The quantitative estimate of drug-likeness (QED) is 0.736. The Labute approximate surface area is 117 Å². The highest BCUT2D eigenvalue weighted by atomic mass is 16.2. The van der Waals surface area contributed by atoms with Gasteiger partial charge in [-0.1, -0.05) is 30.3 Å². The first-order valence-corrected chi connectivity index (χ1v) is 6.46. The number of piperazine rings is 1. The SMILES string of the molecule is CC1NCC(=O)N(CC(=O)NCc2ccccc2)C1=O. The molecule has 1 saturated heterocycles. The van der Waals surface area contributed by atoms with Crippen LogP contribution in [0.2, 0.25) is 0 Å². The third-order valence-corrected chi connectivity index (χ3v) is 3.13. The average molecular weight is 275 g/mol. The summed E-state index contributed by atoms with van der Waals surface area (Å²) in [5, 5.41) is 5.47. The van der Waals surface area contributed by atoms with E-state index in [1.165, 1.54) is 0 Å². The fraction of sp³-hybridized carbons (Fsp3) is 0.357. The molecule has 3 amide bonds. The fourth-order valence-electron chi connectivity index (χ4n) is 1.94. The molecule has 0 aliphatic carbocycles. The molecule has 2 rings (SSSR count). The van der Waals surface area contributed by atoms with Crippen molar-refractivity contribution in [3.8, 4) is 0 Å². The van der Waals surface area contributed by atoms with E-state index in [9.17, 15) is 14.4 Å². The van der Waals surface area contributed by atoms with E-state index in [-0.39, 0.29) is 30.8 Å². The molecule has 1 aliphatic heterocycles. The first kappa shape index (κ1) is 14.2. The van der Waals surface area contributed by atoms with Gasteiger partial charge in [0, 0.05) is 6.54 Å². The Bertz CT molecular complexity index is 516. The van der Waals surface area contributed by atoms with Crippen LogP contribution in [0.3, 0.4) is 0 Å². The second-order valence-corrected chi connectivity index (χ2v) is 4.68. The van der Waals surface area contributed by atoms with Crippen LogP contribution in [-0.2, 0) is 20.9 Å². The van der Waals surface area contributed by atoms with Crippen molar-refractivity contribution < 1.29 is 14.4 Å². The van der Waals surface area contributed by atoms with E-state index in [2.05, 4.69) is 10.6 Å². The highest BCUT2D eigenvalue weighted by Crippen LogP contribution is 2.02. The predicted octanol–water partition coefficient (Wildman–Crippen LogP) is -0.350. The number of nitrogens with one attached hydrogen (secondary N) is 2. The van der Waals surface area contributed by atoms with Crippen molar-refractivity contribution in [3.05, 3.63) is 35.9 Å². The van der Waals surface area contributed by atoms with Gasteiger partial charge in [0.25, 0.3) is 0 Å². The largest absolute Gasteiger partial charge is 0.350 e. The molecular formula is C14H17N3O3. The van der Waals surface area contributed by atoms with Crippen molar-refractivity contribution in [2.24, 2.45) is 0 Å². The van der Waals surface area contributed by atoms with Crippen molar-refractivity contribution in [2.45, 2.75) is 19.5 Å². The maximum absolute atomic E-state index is 11.8. The van der Waals surface area contributed by atoms with E-state index >= 15 is 0 Å². The van der Waals surface area contributed by atoms with Crippen LogP contribution in [0.25, 0.3) is 0 Å². The minimum Gasteiger partial charge on any atom is -0.350 e. The predicted molar refractivity (Wildman–Crippen MR) is 72.5 cm³/mol. The molecule has 1 heterocycles. The molecule has 0 aromatic heterocycles. The molecule has 106 valence electrons. The molecule has 1 aromatic rings. The Morgan fingerprint density at radius 3 is 2.75 bits per heavy atom. The Hall–Kier alpha value is -2.21. The van der Waals surface area contributed by atoms with Gasteiger partial charge in [-0.05, 0) is 12.5 Å². The summed E-state index contributed by atoms with van der Waals surface area (Å²) in [6, 6.07) is 9.01. The third-order valence-electron chi connectivity index (χ3n) is 3.13. The maximum Gasteiger partial charge on any atom is 0.246 e. The number of hydrogen-bond acceptors (Lipinski definition) is 4. The third kappa shape index (κ3) is 3.42. The van der Waals surface area contributed by atoms with Crippen LogP contribution in [0.4, 0.5) is 0 Å². The van der Waals surface area contributed by atoms with Gasteiger partial charge in [0.15, 0.2) is 0 Å². The monoisotopic (exact) mass is 275 g/mol. The maximum atomic E-state index is 11.8. The van der Waals surface area contributed by atoms with Crippen molar-refractivity contribution in [1.82, 2.24) is 15.5 Å². The summed E-state index contributed by atoms with van der Waals surface area (Å²) < 4.78 is 0. The summed E-state index contributed by atoms with van der Waals surface area (Å²) in [4.78, 5) is 36.2. The van der Waals surface area contributed by atoms with Gasteiger partial charge >= 0.3 is 0 Å². The highest BCUT2D eigenvalue weighted by Gasteiger charge is 2.32. The van der Waals surface area contributed by atoms with Crippen LogP contribution in [0.15, 0.2) is 30.3 Å². The molecule has 0 bridgehead atoms. The lowest BCUT2D eigenvalue weighted by atomic mass is 10.2. The number of carbonyl (C=O) groups is 3. The van der Waals surface area contributed by atoms with Gasteiger partial charge in [0.2, 0.25) is 17.7 Å². The van der Waals surface area contributed by atoms with Crippen molar-refractivity contribution >= 4 is 17.7 Å². The molecule has 1 aromatic carbocycles. The first-order chi connectivity index (χ1) is 9.58. The number of imide groups is 1. The van der Waals surface area contributed by atoms with Gasteiger partial charge in [0.05, 0.1) is 12.6 Å². The standard InChI is InChI=1S/C14H17N3O3/c1-10-14(20)17(13(19)8-15-10)9-12(18)16-7-11-5-3-2-4-6-11/h2-6,10,15H,7-9H2,1H3,(H,16,18). The zero-order valence-electron chi connectivity index (χ0n) is 11.3. The van der Waals surface area contributed by atoms with Gasteiger partial charge < -0.3 is 5.32 Å². The molecule has 0 spiro atoms. The fourth-order valence-corrected chi connectivity index (χ4v) is 1.94. The molecule has 20 heavy (non-hydrogen) atoms. The number of hydrogen-bond donors (Lipinski definition) is 2. The van der Waals surface area contributed by atoms with Crippen molar-refractivity contribution in [2.75, 3.05) is 13.1 Å². The van der Waals surface area contributed by atoms with Crippen LogP contribution < -0.4 is 10.6 Å². The Balaban J connectivity index is 1.87. The molecule has 0 saturated carbocycles. The minimum absolute atomic E-state index is 0.0822. The Morgan fingerprint density at radius 2 is 2.05 bits per heavy atom. The highest BCUT2D eigenvalue weighted by molar-refractivity contribution is 6.03. The van der Waals surface area contributed by atoms with E-state index in [1.54, 1.807) is 6.92 Å². The average Bonchev–Trinajstić information content (AvgIpc) is 2.46. The zero-order chi connectivity index (χ0) is 14.5. The van der Waals surface area contributed by atoms with Gasteiger partial charge in [-0.25, -0.2) is 0 Å². The van der Waals surface area contributed by atoms with Crippen LogP contribution in [0, 0.1) is 0 Å². The number of nitrogens with zero attached hydrogens (tertiary/aromatic N) is 1. The lowest BCUT2D eigenvalue weighted by Gasteiger charge is -2.29. The number of amides is 3. The number of benzene rings is 1. The first-order valence-electron chi connectivity index (χ1n) is 6.46. The molecule has 1 atom stereocenters. The van der Waals surface area contributed by atoms with Gasteiger partial charge in [-0.3, -0.25) is 24.6 Å². The van der Waals surface area contributed by atoms with E-state index in [0.29, 0.717) is 6.54 Å². The summed E-state index contributed by atoms with van der Waals surface area (Å²) in [7, 11) is 0. The van der Waals surface area contributed by atoms with E-state index in [1.807, 2.05) is 30.3 Å². The number of carbonyl (C=O) groups excluding carboxylic acids is 3. The molecule has 6 heteroatoms. The Morgan fingerprint density at radius 1 is 1.35 bits per heavy atom. The second-order valence-electron chi connectivity index (χ2n) is 4.68. The summed E-state index contributed by atoms with van der Waals surface area (Å²) in [6.45, 7) is 1.91. The minimum atomic E-state index is -0.436. The van der Waals surface area contributed by atoms with Crippen LogP contribution in [-0.4, -0.2) is 41.8 Å². The summed E-state index contributed by atoms with van der Waals surface area (Å²) in [6.07, 6.45) is 0. The molecular weight excluding hydrogens is 258 g/mol. The lowest BCUT2D eigenvalue weighted by Crippen LogP contribution is -2.58. The van der Waals surface area contributed by atoms with E-state index < -0.39 is 6.04 Å². The van der Waals surface area contributed by atoms with Gasteiger partial charge in [0.1, 0.15) is 6.54 Å². The van der Waals surface area contributed by atoms with E-state index in [0.717, 1.165) is 10.5 Å². The van der Waals surface area contributed by atoms with Crippen molar-refractivity contribution in [3.63, 3.8) is 0 Å². The molecule has 2 N–H and O–H groups in total. The van der Waals surface area contributed by atoms with Crippen molar-refractivity contribution in [1.29, 1.82) is 0 Å². The topological polar surface area (TPSA) is 78.5 Å². The van der Waals surface area contributed by atoms with Gasteiger partial charge in [-0.15, -0.1) is 0 Å². The van der Waals surface area contributed by atoms with Crippen LogP contribution >= 0.6 is 0 Å². The molecule has 1 fully saturated rings. The van der Waals surface area contributed by atoms with Gasteiger partial charge in [-0.2, -0.15) is 0 Å². The zero-order valence-corrected chi connectivity index (χ0v) is 11.3. The van der Waals surface area contributed by atoms with Crippen LogP contribution in [0.5, 0.6) is 0 Å². The summed E-state index contributed by atoms with van der Waals surface area (Å²) in [5.41, 5.74) is 0.965. The molecule has 6 nitrogen and oxygen atoms in total. The normalized spacial score (nSPS) is 19.1. The van der Waals surface area contributed by atoms with Crippen LogP contribution in [0.1, 0.15) is 12.5 Å². The molecule has 1 unspecified atom stereocenters. The molecule has 0 radical (unpaired) electrons. The Kier molecular flexibility index (Phi) is 4.47. The van der Waals surface area contributed by atoms with E-state index in [4.69, 9.17) is 0 Å². The summed E-state index contributed by atoms with van der Waals surface area (Å²) in [5.74, 6) is -1.08. The second kappa shape index (κ2) is 6.29. The molecule has 1 aliphatic rings. The summed E-state index contributed by atoms with van der Waals surface area (Å²) >= 11 is 0. The lowest BCUT2D eigenvalue weighted by molar-refractivity contribution is -0.151.